The molecular weight excluding hydrogens is 380 g/mol. The summed E-state index contributed by atoms with van der Waals surface area (Å²) in [6.45, 7) is 1.35. The lowest BCUT2D eigenvalue weighted by molar-refractivity contribution is -0.163. The van der Waals surface area contributed by atoms with Crippen LogP contribution in [-0.2, 0) is 39.8 Å². The molecule has 2 atom stereocenters. The summed E-state index contributed by atoms with van der Waals surface area (Å²) < 4.78 is 40.3. The van der Waals surface area contributed by atoms with Gasteiger partial charge in [0.25, 0.3) is 0 Å². The molecule has 8 nitrogen and oxygen atoms in total. The maximum Gasteiger partial charge on any atom is 0.328 e. The number of hydrogen-bond donors (Lipinski definition) is 1. The summed E-state index contributed by atoms with van der Waals surface area (Å²) in [7, 11) is 3.16. The van der Waals surface area contributed by atoms with Crippen molar-refractivity contribution in [2.45, 2.75) is 19.4 Å². The first kappa shape index (κ1) is 23.0. The molecule has 154 valence electrons. The zero-order valence-corrected chi connectivity index (χ0v) is 15.8. The van der Waals surface area contributed by atoms with E-state index in [1.807, 2.05) is 0 Å². The molecule has 0 aliphatic carbocycles. The molecule has 0 fully saturated rings. The van der Waals surface area contributed by atoms with Gasteiger partial charge in [0, 0.05) is 12.0 Å². The molecule has 1 aromatic carbocycles. The minimum atomic E-state index is -1.51. The Bertz CT molecular complexity index is 717. The van der Waals surface area contributed by atoms with Crippen LogP contribution in [0, 0.1) is 23.5 Å². The van der Waals surface area contributed by atoms with Crippen molar-refractivity contribution < 1.29 is 42.2 Å². The molecule has 0 aromatic heterocycles. The molecule has 1 N–H and O–H groups in total. The fourth-order valence-electron chi connectivity index (χ4n) is 2.63. The van der Waals surface area contributed by atoms with E-state index in [1.54, 1.807) is 0 Å². The Morgan fingerprint density at radius 2 is 1.36 bits per heavy atom. The third-order valence-corrected chi connectivity index (χ3v) is 4.02. The lowest BCUT2D eigenvalue weighted by Gasteiger charge is -2.27. The van der Waals surface area contributed by atoms with Crippen LogP contribution >= 0.6 is 0 Å². The lowest BCUT2D eigenvalue weighted by Crippen LogP contribution is -2.51. The molecule has 0 saturated carbocycles. The zero-order valence-electron chi connectivity index (χ0n) is 15.8. The molecule has 0 unspecified atom stereocenters. The largest absolute Gasteiger partial charge is 0.468 e. The molecule has 1 rings (SSSR count). The van der Waals surface area contributed by atoms with Crippen molar-refractivity contribution in [3.8, 4) is 0 Å². The van der Waals surface area contributed by atoms with Crippen LogP contribution in [0.1, 0.15) is 12.5 Å². The van der Waals surface area contributed by atoms with E-state index >= 15 is 0 Å². The zero-order chi connectivity index (χ0) is 21.4. The van der Waals surface area contributed by atoms with Crippen LogP contribution in [0.25, 0.3) is 0 Å². The molecule has 0 spiro atoms. The molecule has 10 heteroatoms. The number of halogens is 2. The van der Waals surface area contributed by atoms with Crippen LogP contribution in [0.2, 0.25) is 0 Å². The lowest BCUT2D eigenvalue weighted by atomic mass is 9.87. The number of esters is 3. The van der Waals surface area contributed by atoms with Crippen molar-refractivity contribution in [3.63, 3.8) is 0 Å². The van der Waals surface area contributed by atoms with Crippen LogP contribution in [0.4, 0.5) is 8.78 Å². The van der Waals surface area contributed by atoms with E-state index in [4.69, 9.17) is 0 Å². The van der Waals surface area contributed by atoms with E-state index in [-0.39, 0.29) is 5.56 Å². The van der Waals surface area contributed by atoms with Crippen LogP contribution in [-0.4, -0.2) is 51.2 Å². The highest BCUT2D eigenvalue weighted by molar-refractivity contribution is 5.96. The molecule has 28 heavy (non-hydrogen) atoms. The molecular formula is C18H21F2NO7. The van der Waals surface area contributed by atoms with Crippen molar-refractivity contribution in [1.29, 1.82) is 0 Å². The molecule has 1 aromatic rings. The predicted molar refractivity (Wildman–Crippen MR) is 90.7 cm³/mol. The molecule has 0 aliphatic rings. The van der Waals surface area contributed by atoms with Gasteiger partial charge in [0.15, 0.2) is 5.92 Å². The number of rotatable bonds is 8. The van der Waals surface area contributed by atoms with Gasteiger partial charge >= 0.3 is 17.9 Å². The number of hydrogen-bond acceptors (Lipinski definition) is 7. The number of nitrogens with one attached hydrogen (secondary N) is 1. The number of amides is 1. The maximum absolute atomic E-state index is 13.3. The first-order valence-electron chi connectivity index (χ1n) is 8.12. The number of carbonyl (C=O) groups excluding carboxylic acids is 4. The van der Waals surface area contributed by atoms with Gasteiger partial charge < -0.3 is 19.5 Å². The van der Waals surface area contributed by atoms with Crippen LogP contribution in [0.3, 0.4) is 0 Å². The number of methoxy groups -OCH3 is 3. The summed E-state index contributed by atoms with van der Waals surface area (Å²) in [4.78, 5) is 48.3. The number of carbonyl (C=O) groups is 4. The minimum absolute atomic E-state index is 0.0313. The van der Waals surface area contributed by atoms with Gasteiger partial charge in [0.05, 0.1) is 27.8 Å². The van der Waals surface area contributed by atoms with E-state index in [9.17, 15) is 28.0 Å². The van der Waals surface area contributed by atoms with E-state index in [0.717, 1.165) is 33.5 Å². The Morgan fingerprint density at radius 3 is 1.79 bits per heavy atom. The average Bonchev–Trinajstić information content (AvgIpc) is 2.64. The predicted octanol–water partition coefficient (Wildman–Crippen LogP) is 0.763. The van der Waals surface area contributed by atoms with E-state index in [0.29, 0.717) is 6.07 Å². The molecule has 0 bridgehead atoms. The van der Waals surface area contributed by atoms with Gasteiger partial charge in [0.1, 0.15) is 17.7 Å². The second-order valence-electron chi connectivity index (χ2n) is 5.91. The summed E-state index contributed by atoms with van der Waals surface area (Å²) in [6.07, 6.45) is -0.448. The summed E-state index contributed by atoms with van der Waals surface area (Å²) >= 11 is 0. The average molecular weight is 401 g/mol. The minimum Gasteiger partial charge on any atom is -0.468 e. The fraction of sp³-hybridized carbons (Fsp3) is 0.444. The second-order valence-corrected chi connectivity index (χ2v) is 5.91. The van der Waals surface area contributed by atoms with Gasteiger partial charge in [-0.15, -0.1) is 0 Å². The van der Waals surface area contributed by atoms with Gasteiger partial charge in [0.2, 0.25) is 5.91 Å². The summed E-state index contributed by atoms with van der Waals surface area (Å²) in [5.74, 6) is -7.96. The highest BCUT2D eigenvalue weighted by atomic mass is 19.1. The fourth-order valence-corrected chi connectivity index (χ4v) is 2.63. The van der Waals surface area contributed by atoms with Gasteiger partial charge in [-0.3, -0.25) is 14.4 Å². The van der Waals surface area contributed by atoms with Crippen molar-refractivity contribution in [1.82, 2.24) is 5.32 Å². The van der Waals surface area contributed by atoms with Crippen molar-refractivity contribution >= 4 is 23.8 Å². The number of ether oxygens (including phenoxy) is 3. The van der Waals surface area contributed by atoms with E-state index < -0.39 is 59.7 Å². The molecule has 0 radical (unpaired) electrons. The monoisotopic (exact) mass is 401 g/mol. The van der Waals surface area contributed by atoms with Gasteiger partial charge in [-0.1, -0.05) is 6.92 Å². The van der Waals surface area contributed by atoms with Gasteiger partial charge in [-0.05, 0) is 17.7 Å². The standard InChI is InChI=1S/C18H21F2NO7/c1-9(14(16(23)26-2)17(24)27-3)15(18(25)28-4)21-13(22)7-10-5-11(19)8-12(20)6-10/h5-6,8-9,14-15H,7H2,1-4H3,(H,21,22)/t9-,15-/m0/s1. The number of benzene rings is 1. The summed E-state index contributed by atoms with van der Waals surface area (Å²) in [6, 6.07) is 1.16. The van der Waals surface area contributed by atoms with E-state index in [2.05, 4.69) is 19.5 Å². The normalized spacial score (nSPS) is 12.7. The Hall–Kier alpha value is -3.04. The van der Waals surface area contributed by atoms with E-state index in [1.165, 1.54) is 6.92 Å². The van der Waals surface area contributed by atoms with Gasteiger partial charge in [-0.2, -0.15) is 0 Å². The molecule has 1 amide bonds. The van der Waals surface area contributed by atoms with Crippen LogP contribution in [0.5, 0.6) is 0 Å². The second kappa shape index (κ2) is 10.3. The highest BCUT2D eigenvalue weighted by Crippen LogP contribution is 2.21. The first-order chi connectivity index (χ1) is 13.1. The topological polar surface area (TPSA) is 108 Å². The Labute approximate surface area is 160 Å². The summed E-state index contributed by atoms with van der Waals surface area (Å²) in [5, 5.41) is 2.32. The van der Waals surface area contributed by atoms with Crippen LogP contribution in [0.15, 0.2) is 18.2 Å². The van der Waals surface area contributed by atoms with Crippen LogP contribution < -0.4 is 5.32 Å². The third kappa shape index (κ3) is 6.00. The Kier molecular flexibility index (Phi) is 8.49. The van der Waals surface area contributed by atoms with Gasteiger partial charge in [-0.25, -0.2) is 13.6 Å². The molecule has 0 aliphatic heterocycles. The Morgan fingerprint density at radius 1 is 0.893 bits per heavy atom. The smallest absolute Gasteiger partial charge is 0.328 e. The highest BCUT2D eigenvalue weighted by Gasteiger charge is 2.42. The van der Waals surface area contributed by atoms with Crippen molar-refractivity contribution in [3.05, 3.63) is 35.4 Å². The molecule has 0 saturated heterocycles. The molecule has 0 heterocycles. The van der Waals surface area contributed by atoms with Crippen molar-refractivity contribution in [2.24, 2.45) is 11.8 Å². The Balaban J connectivity index is 3.06. The SMILES string of the molecule is COC(=O)C(C(=O)OC)[C@H](C)[C@H](NC(=O)Cc1cc(F)cc(F)c1)C(=O)OC. The quantitative estimate of drug-likeness (QED) is 0.389. The maximum atomic E-state index is 13.3. The third-order valence-electron chi connectivity index (χ3n) is 4.02. The summed E-state index contributed by atoms with van der Waals surface area (Å²) in [5.41, 5.74) is 0.0313. The first-order valence-corrected chi connectivity index (χ1v) is 8.12. The van der Waals surface area contributed by atoms with Crippen molar-refractivity contribution in [2.75, 3.05) is 21.3 Å².